The van der Waals surface area contributed by atoms with Gasteiger partial charge < -0.3 is 9.47 Å². The number of aryl methyl sites for hydroxylation is 1. The second-order valence-electron chi connectivity index (χ2n) is 16.6. The first-order chi connectivity index (χ1) is 31.6. The molecule has 64 heavy (non-hydrogen) atoms. The molecule has 9 aromatic rings. The van der Waals surface area contributed by atoms with E-state index in [1.165, 1.54) is 5.56 Å². The molecule has 316 valence electrons. The number of carbonyl (C=O) groups is 1. The van der Waals surface area contributed by atoms with Gasteiger partial charge in [0.1, 0.15) is 11.4 Å². The summed E-state index contributed by atoms with van der Waals surface area (Å²) in [5.74, 6) is 1.72. The fourth-order valence-electron chi connectivity index (χ4n) is 9.40. The Hall–Kier alpha value is -7.65. The van der Waals surface area contributed by atoms with Crippen LogP contribution in [0.1, 0.15) is 59.8 Å². The van der Waals surface area contributed by atoms with Crippen molar-refractivity contribution in [3.63, 3.8) is 0 Å². The van der Waals surface area contributed by atoms with Crippen LogP contribution >= 0.6 is 0 Å². The van der Waals surface area contributed by atoms with E-state index in [0.717, 1.165) is 93.7 Å². The number of imidazole rings is 1. The van der Waals surface area contributed by atoms with Crippen molar-refractivity contribution in [3.8, 4) is 22.5 Å². The average molecular weight is 839 g/mol. The second kappa shape index (κ2) is 18.0. The maximum atomic E-state index is 13.8. The van der Waals surface area contributed by atoms with Gasteiger partial charge in [0.2, 0.25) is 0 Å². The van der Waals surface area contributed by atoms with Crippen molar-refractivity contribution >= 4 is 22.8 Å². The fourth-order valence-corrected chi connectivity index (χ4v) is 9.40. The predicted octanol–water partition coefficient (Wildman–Crippen LogP) is 11.4. The molecule has 1 aliphatic rings. The summed E-state index contributed by atoms with van der Waals surface area (Å²) in [5, 5.41) is 14.0. The zero-order chi connectivity index (χ0) is 43.3. The highest BCUT2D eigenvalue weighted by Gasteiger charge is 2.42. The van der Waals surface area contributed by atoms with Crippen molar-refractivity contribution in [2.45, 2.75) is 51.2 Å². The van der Waals surface area contributed by atoms with Gasteiger partial charge in [0.15, 0.2) is 5.82 Å². The van der Waals surface area contributed by atoms with E-state index >= 15 is 0 Å². The van der Waals surface area contributed by atoms with Gasteiger partial charge in [0.05, 0.1) is 11.0 Å². The first-order valence-electron chi connectivity index (χ1n) is 22.4. The number of unbranched alkanes of at least 4 members (excludes halogenated alkanes) is 1. The minimum absolute atomic E-state index is 0.0427. The van der Waals surface area contributed by atoms with Crippen molar-refractivity contribution in [1.82, 2.24) is 34.7 Å². The van der Waals surface area contributed by atoms with Crippen molar-refractivity contribution in [3.05, 3.63) is 222 Å². The topological polar surface area (TPSA) is 85.0 Å². The summed E-state index contributed by atoms with van der Waals surface area (Å²) < 4.78 is 4.34. The van der Waals surface area contributed by atoms with E-state index in [4.69, 9.17) is 15.3 Å². The van der Waals surface area contributed by atoms with Crippen LogP contribution < -0.4 is 4.90 Å². The van der Waals surface area contributed by atoms with E-state index in [9.17, 15) is 4.79 Å². The summed E-state index contributed by atoms with van der Waals surface area (Å²) in [6.45, 7) is 4.94. The number of hydrogen-bond acceptors (Lipinski definition) is 5. The first-order valence-corrected chi connectivity index (χ1v) is 22.4. The van der Waals surface area contributed by atoms with Crippen LogP contribution in [0.3, 0.4) is 0 Å². The molecule has 0 N–H and O–H groups in total. The molecule has 2 aromatic heterocycles. The number of urea groups is 1. The van der Waals surface area contributed by atoms with Crippen LogP contribution in [0.2, 0.25) is 0 Å². The van der Waals surface area contributed by atoms with Crippen LogP contribution in [0, 0.1) is 0 Å². The molecule has 0 aliphatic carbocycles. The van der Waals surface area contributed by atoms with Gasteiger partial charge in [-0.15, -0.1) is 5.10 Å². The van der Waals surface area contributed by atoms with E-state index in [-0.39, 0.29) is 6.03 Å². The third-order valence-corrected chi connectivity index (χ3v) is 12.5. The van der Waals surface area contributed by atoms with Gasteiger partial charge in [0, 0.05) is 43.9 Å². The number of benzene rings is 7. The monoisotopic (exact) mass is 838 g/mol. The number of fused-ring (bicyclic) bond motifs is 1. The summed E-state index contributed by atoms with van der Waals surface area (Å²) in [7, 11) is 0. The van der Waals surface area contributed by atoms with Gasteiger partial charge in [-0.2, -0.15) is 0 Å². The Bertz CT molecular complexity index is 2890. The number of rotatable bonds is 14. The molecule has 0 atom stereocenters. The van der Waals surface area contributed by atoms with Crippen molar-refractivity contribution in [2.24, 2.45) is 0 Å². The van der Waals surface area contributed by atoms with E-state index in [0.29, 0.717) is 25.5 Å². The fraction of sp³-hybridized carbons (Fsp3) is 0.182. The summed E-state index contributed by atoms with van der Waals surface area (Å²) in [4.78, 5) is 22.9. The summed E-state index contributed by atoms with van der Waals surface area (Å²) in [6, 6.07) is 65.3. The van der Waals surface area contributed by atoms with E-state index in [1.54, 1.807) is 0 Å². The number of carbonyl (C=O) groups excluding carboxylic acids is 1. The van der Waals surface area contributed by atoms with Crippen LogP contribution in [0.4, 0.5) is 10.5 Å². The van der Waals surface area contributed by atoms with Gasteiger partial charge in [0.25, 0.3) is 0 Å². The van der Waals surface area contributed by atoms with Crippen molar-refractivity contribution in [1.29, 1.82) is 0 Å². The summed E-state index contributed by atoms with van der Waals surface area (Å²) in [6.07, 6.45) is 3.92. The molecule has 3 heterocycles. The standard InChI is InChI=1S/C55H50N8O/c1-2-3-29-52-56-50-38-47(61-37-18-36-60(54(61)64)39-41-19-8-4-9-20-41)34-35-51(50)62(52)40-42-30-32-43(33-31-42)48-27-16-17-28-49(48)53-57-58-59-63(53)55(44-21-10-5-11-22-44,45-23-12-6-13-24-45)46-25-14-7-15-26-46/h4-17,19-28,30-35,38H,2-3,18,29,36-37,39-40H2,1H3. The van der Waals surface area contributed by atoms with E-state index in [2.05, 4.69) is 168 Å². The molecule has 0 saturated carbocycles. The number of amides is 2. The second-order valence-corrected chi connectivity index (χ2v) is 16.6. The van der Waals surface area contributed by atoms with E-state index in [1.807, 2.05) is 50.9 Å². The van der Waals surface area contributed by atoms with Gasteiger partial charge >= 0.3 is 6.03 Å². The SMILES string of the molecule is CCCCc1nc2cc(N3CCCN(Cc4ccccc4)C3=O)ccc2n1Cc1ccc(-c2ccccc2-c2nnnn2C(c2ccccc2)(c2ccccc2)c2ccccc2)cc1. The third-order valence-electron chi connectivity index (χ3n) is 12.5. The molecule has 1 aliphatic heterocycles. The quantitative estimate of drug-likeness (QED) is 0.102. The number of anilines is 1. The van der Waals surface area contributed by atoms with Crippen molar-refractivity contribution < 1.29 is 4.79 Å². The Kier molecular flexibility index (Phi) is 11.4. The summed E-state index contributed by atoms with van der Waals surface area (Å²) in [5.41, 5.74) is 10.5. The molecule has 9 nitrogen and oxygen atoms in total. The molecule has 2 amide bonds. The van der Waals surface area contributed by atoms with E-state index < -0.39 is 5.54 Å². The molecule has 0 radical (unpaired) electrons. The molecule has 0 bridgehead atoms. The number of nitrogens with zero attached hydrogens (tertiary/aromatic N) is 8. The molecule has 1 fully saturated rings. The number of tetrazole rings is 1. The van der Waals surface area contributed by atoms with Crippen LogP contribution in [-0.2, 0) is 25.0 Å². The maximum absolute atomic E-state index is 13.8. The minimum Gasteiger partial charge on any atom is -0.323 e. The Morgan fingerprint density at radius 1 is 0.609 bits per heavy atom. The zero-order valence-corrected chi connectivity index (χ0v) is 36.0. The van der Waals surface area contributed by atoms with Gasteiger partial charge in [-0.1, -0.05) is 183 Å². The Morgan fingerprint density at radius 2 is 1.20 bits per heavy atom. The normalized spacial score (nSPS) is 13.2. The van der Waals surface area contributed by atoms with Crippen LogP contribution in [0.25, 0.3) is 33.5 Å². The molecule has 10 rings (SSSR count). The zero-order valence-electron chi connectivity index (χ0n) is 36.0. The summed E-state index contributed by atoms with van der Waals surface area (Å²) >= 11 is 0. The molecular formula is C55H50N8O. The first kappa shape index (κ1) is 40.4. The average Bonchev–Trinajstić information content (AvgIpc) is 3.98. The van der Waals surface area contributed by atoms with Crippen LogP contribution in [-0.4, -0.2) is 53.8 Å². The highest BCUT2D eigenvalue weighted by Crippen LogP contribution is 2.43. The Labute approximate surface area is 374 Å². The molecule has 7 aromatic carbocycles. The highest BCUT2D eigenvalue weighted by atomic mass is 16.2. The lowest BCUT2D eigenvalue weighted by molar-refractivity contribution is 0.192. The molecule has 0 unspecified atom stereocenters. The van der Waals surface area contributed by atoms with Gasteiger partial charge in [-0.3, -0.25) is 4.90 Å². The van der Waals surface area contributed by atoms with Gasteiger partial charge in [-0.05, 0) is 80.4 Å². The number of hydrogen-bond donors (Lipinski definition) is 0. The van der Waals surface area contributed by atoms with Crippen molar-refractivity contribution in [2.75, 3.05) is 18.0 Å². The largest absolute Gasteiger partial charge is 0.324 e. The highest BCUT2D eigenvalue weighted by molar-refractivity contribution is 5.95. The molecule has 9 heteroatoms. The molecule has 1 saturated heterocycles. The predicted molar refractivity (Wildman–Crippen MR) is 255 cm³/mol. The Morgan fingerprint density at radius 3 is 1.84 bits per heavy atom. The van der Waals surface area contributed by atoms with Crippen LogP contribution in [0.15, 0.2) is 188 Å². The number of aromatic nitrogens is 6. The maximum Gasteiger partial charge on any atom is 0.324 e. The molecular weight excluding hydrogens is 789 g/mol. The lowest BCUT2D eigenvalue weighted by Crippen LogP contribution is -2.49. The third kappa shape index (κ3) is 7.63. The smallest absolute Gasteiger partial charge is 0.323 e. The lowest BCUT2D eigenvalue weighted by Gasteiger charge is -2.36. The Balaban J connectivity index is 0.976. The van der Waals surface area contributed by atoms with Gasteiger partial charge in [-0.25, -0.2) is 14.5 Å². The van der Waals surface area contributed by atoms with Crippen LogP contribution in [0.5, 0.6) is 0 Å². The minimum atomic E-state index is -0.866. The lowest BCUT2D eigenvalue weighted by atomic mass is 9.77. The molecule has 0 spiro atoms.